The van der Waals surface area contributed by atoms with Gasteiger partial charge in [-0.25, -0.2) is 4.79 Å². The van der Waals surface area contributed by atoms with E-state index in [1.54, 1.807) is 4.90 Å². The third-order valence-corrected chi connectivity index (χ3v) is 9.96. The van der Waals surface area contributed by atoms with Gasteiger partial charge in [0.25, 0.3) is 17.7 Å². The summed E-state index contributed by atoms with van der Waals surface area (Å²) in [5, 5.41) is 36.5. The third-order valence-electron chi connectivity index (χ3n) is 8.08. The average Bonchev–Trinajstić information content (AvgIpc) is 3.46. The third kappa shape index (κ3) is 6.69. The zero-order valence-corrected chi connectivity index (χ0v) is 27.4. The van der Waals surface area contributed by atoms with E-state index in [0.717, 1.165) is 28.7 Å². The summed E-state index contributed by atoms with van der Waals surface area (Å²) >= 11 is 1.99. The average molecular weight is 706 g/mol. The van der Waals surface area contributed by atoms with Crippen molar-refractivity contribution in [1.82, 2.24) is 29.5 Å². The fourth-order valence-corrected chi connectivity index (χ4v) is 7.01. The van der Waals surface area contributed by atoms with Crippen LogP contribution in [0.3, 0.4) is 0 Å². The number of oxime groups is 1. The number of aromatic nitrogens is 3. The van der Waals surface area contributed by atoms with Crippen LogP contribution < -0.4 is 21.6 Å². The lowest BCUT2D eigenvalue weighted by molar-refractivity contribution is -0.908. The van der Waals surface area contributed by atoms with Gasteiger partial charge in [-0.15, -0.1) is 11.8 Å². The maximum atomic E-state index is 13.3. The lowest BCUT2D eigenvalue weighted by Crippen LogP contribution is -2.72. The van der Waals surface area contributed by atoms with Crippen LogP contribution in [0.2, 0.25) is 0 Å². The van der Waals surface area contributed by atoms with Crippen LogP contribution in [0.1, 0.15) is 30.2 Å². The molecule has 3 amide bonds. The number of anilines is 1. The molecule has 2 atom stereocenters. The zero-order valence-electron chi connectivity index (χ0n) is 25.8. The van der Waals surface area contributed by atoms with Gasteiger partial charge in [-0.1, -0.05) is 5.16 Å². The first-order valence-corrected chi connectivity index (χ1v) is 16.2. The first kappa shape index (κ1) is 34.3. The lowest BCUT2D eigenvalue weighted by Gasteiger charge is -2.51. The van der Waals surface area contributed by atoms with Gasteiger partial charge in [-0.05, 0) is 13.8 Å². The first-order valence-electron chi connectivity index (χ1n) is 14.3. The molecule has 2 saturated heterocycles. The van der Waals surface area contributed by atoms with E-state index in [9.17, 15) is 44.1 Å². The second kappa shape index (κ2) is 12.9. The van der Waals surface area contributed by atoms with Crippen LogP contribution in [0.5, 0.6) is 5.75 Å². The second-order valence-corrected chi connectivity index (χ2v) is 13.9. The lowest BCUT2D eigenvalue weighted by atomic mass is 10.0. The molecule has 0 aliphatic carbocycles. The number of nitrogen functional groups attached to an aromatic ring is 1. The zero-order chi connectivity index (χ0) is 35.1. The van der Waals surface area contributed by atoms with E-state index in [1.807, 2.05) is 7.05 Å². The monoisotopic (exact) mass is 705 g/mol. The number of carbonyl (C=O) groups excluding carboxylic acids is 4. The van der Waals surface area contributed by atoms with Crippen LogP contribution in [-0.4, -0.2) is 137 Å². The number of hydrogen-bond acceptors (Lipinski definition) is 15. The van der Waals surface area contributed by atoms with Gasteiger partial charge in [-0.2, -0.15) is 9.36 Å². The molecule has 2 aromatic rings. The van der Waals surface area contributed by atoms with Gasteiger partial charge in [0, 0.05) is 35.1 Å². The molecule has 48 heavy (non-hydrogen) atoms. The number of quaternary nitrogens is 1. The highest BCUT2D eigenvalue weighted by Gasteiger charge is 2.54. The molecule has 0 spiro atoms. The number of aromatic amines is 1. The SMILES string of the molecule is CC(C)(ON=C(C(=O)N[C@@H]1C(=O)N2C(C(=O)[O-])=C(C[N+]3(C)CCN(C(=O)c4cc(=O)c(O)c[nH]4)CC3)CS[C@H]12)c1nsc(N)n1)C(=O)O. The Labute approximate surface area is 279 Å². The van der Waals surface area contributed by atoms with Crippen molar-refractivity contribution in [3.8, 4) is 5.75 Å². The summed E-state index contributed by atoms with van der Waals surface area (Å²) < 4.78 is 4.28. The molecular formula is C27H31N9O10S2. The Bertz CT molecular complexity index is 1810. The number of carboxylic acid groups (broad SMARTS) is 2. The largest absolute Gasteiger partial charge is 0.543 e. The summed E-state index contributed by atoms with van der Waals surface area (Å²) in [4.78, 5) is 89.3. The van der Waals surface area contributed by atoms with E-state index in [1.165, 1.54) is 25.6 Å². The normalized spacial score (nSPS) is 20.9. The molecule has 3 aliphatic rings. The number of amides is 3. The number of pyridine rings is 1. The number of carbonyl (C=O) groups is 5. The Hall–Kier alpha value is -5.02. The number of likely N-dealkylation sites (N-methyl/N-ethyl adjacent to an activating group) is 1. The Morgan fingerprint density at radius 2 is 1.96 bits per heavy atom. The molecule has 0 unspecified atom stereocenters. The van der Waals surface area contributed by atoms with E-state index in [4.69, 9.17) is 10.6 Å². The van der Waals surface area contributed by atoms with Crippen molar-refractivity contribution in [2.45, 2.75) is 30.9 Å². The van der Waals surface area contributed by atoms with E-state index in [0.29, 0.717) is 36.2 Å². The van der Waals surface area contributed by atoms with Crippen LogP contribution in [0.4, 0.5) is 5.13 Å². The molecule has 5 heterocycles. The van der Waals surface area contributed by atoms with Crippen LogP contribution in [0.25, 0.3) is 0 Å². The first-order chi connectivity index (χ1) is 22.5. The number of rotatable bonds is 10. The highest BCUT2D eigenvalue weighted by Crippen LogP contribution is 2.41. The molecule has 19 nitrogen and oxygen atoms in total. The number of piperazine rings is 1. The van der Waals surface area contributed by atoms with Crippen LogP contribution in [-0.2, 0) is 24.0 Å². The standard InChI is InChI=1S/C27H31N9O10S2/c1-27(2,25(44)45)46-32-16(19-31-26(28)48-33-19)20(39)30-17-22(41)35-18(24(42)43)12(11-47-23(17)35)10-36(3)6-4-34(5-7-36)21(40)13-8-14(37)15(38)9-29-13/h8-9,17,23H,4-7,10-11H2,1-3H3,(H6-,28,29,30,31,32,33,37,38,39,40,42,43,44,45)/t17-,23-/m1/s1. The van der Waals surface area contributed by atoms with Gasteiger partial charge in [-0.3, -0.25) is 24.1 Å². The second-order valence-electron chi connectivity index (χ2n) is 12.0. The Kier molecular flexibility index (Phi) is 9.21. The number of nitrogens with one attached hydrogen (secondary N) is 2. The van der Waals surface area contributed by atoms with Gasteiger partial charge in [0.2, 0.25) is 22.6 Å². The molecule has 0 radical (unpaired) electrons. The molecule has 2 aromatic heterocycles. The van der Waals surface area contributed by atoms with Gasteiger partial charge in [0.15, 0.2) is 10.9 Å². The van der Waals surface area contributed by atoms with Gasteiger partial charge in [0.1, 0.15) is 23.7 Å². The predicted molar refractivity (Wildman–Crippen MR) is 166 cm³/mol. The van der Waals surface area contributed by atoms with E-state index in [2.05, 4.69) is 24.8 Å². The van der Waals surface area contributed by atoms with Crippen molar-refractivity contribution in [2.24, 2.45) is 5.16 Å². The summed E-state index contributed by atoms with van der Waals surface area (Å²) in [6.07, 6.45) is 1.05. The summed E-state index contributed by atoms with van der Waals surface area (Å²) in [6, 6.07) is -0.141. The molecule has 256 valence electrons. The minimum absolute atomic E-state index is 0.00829. The van der Waals surface area contributed by atoms with E-state index < -0.39 is 63.6 Å². The molecule has 21 heteroatoms. The summed E-state index contributed by atoms with van der Waals surface area (Å²) in [5.41, 5.74) is 2.79. The number of hydrogen-bond donors (Lipinski definition) is 5. The molecule has 5 rings (SSSR count). The summed E-state index contributed by atoms with van der Waals surface area (Å²) in [6.45, 7) is 4.14. The van der Waals surface area contributed by atoms with Crippen molar-refractivity contribution in [3.63, 3.8) is 0 Å². The minimum Gasteiger partial charge on any atom is -0.543 e. The molecule has 2 fully saturated rings. The van der Waals surface area contributed by atoms with Crippen molar-refractivity contribution in [1.29, 1.82) is 0 Å². The van der Waals surface area contributed by atoms with Gasteiger partial charge < -0.3 is 50.4 Å². The number of nitrogens with two attached hydrogens (primary N) is 1. The highest BCUT2D eigenvalue weighted by molar-refractivity contribution is 8.00. The number of fused-ring (bicyclic) bond motifs is 1. The van der Waals surface area contributed by atoms with Gasteiger partial charge in [0.05, 0.1) is 44.9 Å². The Balaban J connectivity index is 1.28. The number of thioether (sulfide) groups is 1. The molecule has 0 bridgehead atoms. The van der Waals surface area contributed by atoms with Crippen molar-refractivity contribution >= 4 is 63.8 Å². The van der Waals surface area contributed by atoms with E-state index >= 15 is 0 Å². The maximum absolute atomic E-state index is 13.3. The topological polar surface area (TPSA) is 274 Å². The molecule has 0 saturated carbocycles. The minimum atomic E-state index is -1.83. The quantitative estimate of drug-likeness (QED) is 0.0719. The maximum Gasteiger partial charge on any atom is 0.350 e. The summed E-state index contributed by atoms with van der Waals surface area (Å²) in [7, 11) is 1.90. The Morgan fingerprint density at radius 1 is 1.27 bits per heavy atom. The Morgan fingerprint density at radius 3 is 2.54 bits per heavy atom. The number of H-pyrrole nitrogens is 1. The molecule has 3 aliphatic heterocycles. The number of aromatic hydroxyl groups is 1. The molecule has 6 N–H and O–H groups in total. The van der Waals surface area contributed by atoms with E-state index in [-0.39, 0.29) is 34.6 Å². The summed E-state index contributed by atoms with van der Waals surface area (Å²) in [5.74, 6) is -5.58. The molecule has 0 aromatic carbocycles. The van der Waals surface area contributed by atoms with Crippen LogP contribution >= 0.6 is 23.3 Å². The van der Waals surface area contributed by atoms with Crippen molar-refractivity contribution in [2.75, 3.05) is 51.3 Å². The smallest absolute Gasteiger partial charge is 0.350 e. The highest BCUT2D eigenvalue weighted by atomic mass is 32.2. The number of carboxylic acids is 2. The van der Waals surface area contributed by atoms with Crippen molar-refractivity contribution in [3.05, 3.63) is 45.3 Å². The number of β-lactam (4-membered cyclic amide) rings is 1. The van der Waals surface area contributed by atoms with Crippen LogP contribution in [0, 0.1) is 0 Å². The fraction of sp³-hybridized carbons (Fsp3) is 0.444. The molecular weight excluding hydrogens is 674 g/mol. The van der Waals surface area contributed by atoms with Gasteiger partial charge >= 0.3 is 5.97 Å². The number of nitrogens with zero attached hydrogens (tertiary/aromatic N) is 6. The van der Waals surface area contributed by atoms with Crippen LogP contribution in [0.15, 0.2) is 33.5 Å². The predicted octanol–water partition coefficient (Wildman–Crippen LogP) is -2.90. The fourth-order valence-electron chi connectivity index (χ4n) is 5.24. The number of aliphatic carboxylic acids is 2. The van der Waals surface area contributed by atoms with Crippen molar-refractivity contribution < 1.29 is 48.6 Å².